The molecule has 3 heterocycles. The molecule has 2 fully saturated rings. The predicted octanol–water partition coefficient (Wildman–Crippen LogP) is 1.13. The SMILES string of the molecule is NNc1snnc1CN1CCC(CN2CCCC2)CC1. The summed E-state index contributed by atoms with van der Waals surface area (Å²) in [5.41, 5.74) is 3.66. The summed E-state index contributed by atoms with van der Waals surface area (Å²) in [5, 5.41) is 5.05. The van der Waals surface area contributed by atoms with Crippen LogP contribution in [-0.2, 0) is 6.54 Å². The Bertz CT molecular complexity index is 409. The Kier molecular flexibility index (Phi) is 4.82. The number of nitrogens with one attached hydrogen (secondary N) is 1. The van der Waals surface area contributed by atoms with Gasteiger partial charge in [0.25, 0.3) is 0 Å². The Morgan fingerprint density at radius 3 is 2.60 bits per heavy atom. The van der Waals surface area contributed by atoms with Crippen molar-refractivity contribution >= 4 is 16.5 Å². The molecule has 3 N–H and O–H groups in total. The van der Waals surface area contributed by atoms with Crippen molar-refractivity contribution in [1.82, 2.24) is 19.4 Å². The lowest BCUT2D eigenvalue weighted by Gasteiger charge is -2.33. The first-order valence-corrected chi connectivity index (χ1v) is 8.35. The summed E-state index contributed by atoms with van der Waals surface area (Å²) in [6, 6.07) is 0. The third-order valence-electron chi connectivity index (χ3n) is 4.48. The maximum Gasteiger partial charge on any atom is 0.148 e. The Hall–Kier alpha value is -0.760. The second-order valence-corrected chi connectivity index (χ2v) is 6.67. The van der Waals surface area contributed by atoms with Crippen molar-refractivity contribution < 1.29 is 0 Å². The minimum atomic E-state index is 0.868. The Balaban J connectivity index is 1.44. The number of piperidine rings is 1. The number of aromatic nitrogens is 2. The molecule has 0 spiro atoms. The highest BCUT2D eigenvalue weighted by atomic mass is 32.1. The van der Waals surface area contributed by atoms with Gasteiger partial charge >= 0.3 is 0 Å². The van der Waals surface area contributed by atoms with Gasteiger partial charge in [0.15, 0.2) is 0 Å². The molecule has 0 saturated carbocycles. The van der Waals surface area contributed by atoms with E-state index in [1.54, 1.807) is 0 Å². The first-order chi connectivity index (χ1) is 9.85. The highest BCUT2D eigenvalue weighted by molar-refractivity contribution is 7.10. The minimum Gasteiger partial charge on any atom is -0.313 e. The van der Waals surface area contributed by atoms with Crippen LogP contribution in [0.3, 0.4) is 0 Å². The average molecular weight is 296 g/mol. The van der Waals surface area contributed by atoms with Crippen molar-refractivity contribution in [2.24, 2.45) is 11.8 Å². The molecule has 0 unspecified atom stereocenters. The topological polar surface area (TPSA) is 70.3 Å². The fourth-order valence-corrected chi connectivity index (χ4v) is 3.78. The lowest BCUT2D eigenvalue weighted by atomic mass is 9.96. The molecule has 0 aliphatic carbocycles. The number of nitrogens with two attached hydrogens (primary N) is 1. The zero-order chi connectivity index (χ0) is 13.8. The average Bonchev–Trinajstić information content (AvgIpc) is 3.12. The van der Waals surface area contributed by atoms with Gasteiger partial charge in [0.05, 0.1) is 0 Å². The summed E-state index contributed by atoms with van der Waals surface area (Å²) in [6.07, 6.45) is 5.40. The van der Waals surface area contributed by atoms with Gasteiger partial charge in [-0.25, -0.2) is 5.84 Å². The van der Waals surface area contributed by atoms with Crippen LogP contribution in [0.4, 0.5) is 5.00 Å². The normalized spacial score (nSPS) is 22.4. The molecule has 6 nitrogen and oxygen atoms in total. The maximum absolute atomic E-state index is 5.47. The standard InChI is InChI=1S/C13H24N6S/c14-15-13-12(16-17-20-13)10-19-7-3-11(4-8-19)9-18-5-1-2-6-18/h11,15H,1-10,14H2. The number of hydrogen-bond acceptors (Lipinski definition) is 7. The summed E-state index contributed by atoms with van der Waals surface area (Å²) in [5.74, 6) is 6.35. The molecule has 7 heteroatoms. The van der Waals surface area contributed by atoms with Gasteiger partial charge in [-0.15, -0.1) is 5.10 Å². The zero-order valence-corrected chi connectivity index (χ0v) is 12.7. The number of hydrazine groups is 1. The van der Waals surface area contributed by atoms with Crippen LogP contribution >= 0.6 is 11.5 Å². The van der Waals surface area contributed by atoms with E-state index in [9.17, 15) is 0 Å². The summed E-state index contributed by atoms with van der Waals surface area (Å²) >= 11 is 1.33. The number of rotatable bonds is 5. The number of nitrogens with zero attached hydrogens (tertiary/aromatic N) is 4. The van der Waals surface area contributed by atoms with Crippen LogP contribution in [0.25, 0.3) is 0 Å². The first kappa shape index (κ1) is 14.2. The molecule has 2 aliphatic rings. The lowest BCUT2D eigenvalue weighted by Crippen LogP contribution is -2.37. The van der Waals surface area contributed by atoms with E-state index < -0.39 is 0 Å². The molecule has 0 aromatic carbocycles. The molecular formula is C13H24N6S. The molecule has 2 saturated heterocycles. The van der Waals surface area contributed by atoms with Crippen LogP contribution in [0.5, 0.6) is 0 Å². The molecule has 0 radical (unpaired) electrons. The summed E-state index contributed by atoms with van der Waals surface area (Å²) in [6.45, 7) is 7.14. The molecule has 0 amide bonds. The van der Waals surface area contributed by atoms with Gasteiger partial charge in [0, 0.05) is 24.6 Å². The lowest BCUT2D eigenvalue weighted by molar-refractivity contribution is 0.148. The third-order valence-corrected chi connectivity index (χ3v) is 5.18. The molecule has 1 aromatic rings. The van der Waals surface area contributed by atoms with Crippen LogP contribution in [0.1, 0.15) is 31.4 Å². The number of hydrogen-bond donors (Lipinski definition) is 2. The van der Waals surface area contributed by atoms with Crippen molar-refractivity contribution in [3.05, 3.63) is 5.69 Å². The van der Waals surface area contributed by atoms with E-state index in [1.165, 1.54) is 69.9 Å². The monoisotopic (exact) mass is 296 g/mol. The van der Waals surface area contributed by atoms with E-state index >= 15 is 0 Å². The molecule has 0 bridgehead atoms. The van der Waals surface area contributed by atoms with E-state index in [2.05, 4.69) is 24.8 Å². The highest BCUT2D eigenvalue weighted by Gasteiger charge is 2.23. The van der Waals surface area contributed by atoms with Crippen LogP contribution in [0, 0.1) is 5.92 Å². The van der Waals surface area contributed by atoms with E-state index in [-0.39, 0.29) is 0 Å². The van der Waals surface area contributed by atoms with Crippen LogP contribution in [0.15, 0.2) is 0 Å². The largest absolute Gasteiger partial charge is 0.313 e. The second kappa shape index (κ2) is 6.80. The van der Waals surface area contributed by atoms with Crippen molar-refractivity contribution in [2.75, 3.05) is 38.1 Å². The second-order valence-electron chi connectivity index (χ2n) is 5.92. The summed E-state index contributed by atoms with van der Waals surface area (Å²) < 4.78 is 3.96. The summed E-state index contributed by atoms with van der Waals surface area (Å²) in [4.78, 5) is 5.11. The van der Waals surface area contributed by atoms with Crippen molar-refractivity contribution in [2.45, 2.75) is 32.2 Å². The zero-order valence-electron chi connectivity index (χ0n) is 11.9. The van der Waals surface area contributed by atoms with Gasteiger partial charge in [0.1, 0.15) is 10.7 Å². The van der Waals surface area contributed by atoms with Crippen LogP contribution < -0.4 is 11.3 Å². The van der Waals surface area contributed by atoms with Gasteiger partial charge in [-0.1, -0.05) is 4.49 Å². The van der Waals surface area contributed by atoms with Gasteiger partial charge in [0.2, 0.25) is 0 Å². The fourth-order valence-electron chi connectivity index (χ4n) is 3.29. The van der Waals surface area contributed by atoms with E-state index in [4.69, 9.17) is 5.84 Å². The number of likely N-dealkylation sites (tertiary alicyclic amines) is 2. The Labute approximate surface area is 124 Å². The van der Waals surface area contributed by atoms with Crippen molar-refractivity contribution in [1.29, 1.82) is 0 Å². The fraction of sp³-hybridized carbons (Fsp3) is 0.846. The quantitative estimate of drug-likeness (QED) is 0.627. The number of anilines is 1. The van der Waals surface area contributed by atoms with Gasteiger partial charge in [-0.05, 0) is 57.8 Å². The van der Waals surface area contributed by atoms with E-state index in [0.717, 1.165) is 23.2 Å². The minimum absolute atomic E-state index is 0.868. The van der Waals surface area contributed by atoms with E-state index in [1.807, 2.05) is 0 Å². The molecular weight excluding hydrogens is 272 g/mol. The van der Waals surface area contributed by atoms with E-state index in [0.29, 0.717) is 0 Å². The predicted molar refractivity (Wildman–Crippen MR) is 81.4 cm³/mol. The van der Waals surface area contributed by atoms with Crippen molar-refractivity contribution in [3.8, 4) is 0 Å². The Morgan fingerprint density at radius 2 is 1.90 bits per heavy atom. The van der Waals surface area contributed by atoms with Gasteiger partial charge < -0.3 is 10.3 Å². The van der Waals surface area contributed by atoms with Gasteiger partial charge in [-0.2, -0.15) is 0 Å². The molecule has 0 atom stereocenters. The molecule has 3 rings (SSSR count). The van der Waals surface area contributed by atoms with Gasteiger partial charge in [-0.3, -0.25) is 4.90 Å². The molecule has 112 valence electrons. The maximum atomic E-state index is 5.47. The van der Waals surface area contributed by atoms with Crippen molar-refractivity contribution in [3.63, 3.8) is 0 Å². The summed E-state index contributed by atoms with van der Waals surface area (Å²) in [7, 11) is 0. The Morgan fingerprint density at radius 1 is 1.15 bits per heavy atom. The number of nitrogen functional groups attached to an aromatic ring is 1. The molecule has 20 heavy (non-hydrogen) atoms. The first-order valence-electron chi connectivity index (χ1n) is 7.57. The molecule has 1 aromatic heterocycles. The smallest absolute Gasteiger partial charge is 0.148 e. The van der Waals surface area contributed by atoms with Crippen LogP contribution in [0.2, 0.25) is 0 Å². The highest BCUT2D eigenvalue weighted by Crippen LogP contribution is 2.24. The molecule has 2 aliphatic heterocycles. The van der Waals surface area contributed by atoms with Crippen LogP contribution in [-0.4, -0.2) is 52.1 Å². The third kappa shape index (κ3) is 3.46.